The van der Waals surface area contributed by atoms with Crippen LogP contribution in [0.3, 0.4) is 0 Å². The van der Waals surface area contributed by atoms with Crippen LogP contribution in [0.1, 0.15) is 5.56 Å². The highest BCUT2D eigenvalue weighted by atomic mass is 79.9. The highest BCUT2D eigenvalue weighted by Gasteiger charge is 2.19. The van der Waals surface area contributed by atoms with Crippen LogP contribution in [0.25, 0.3) is 0 Å². The number of halogens is 1. The first-order chi connectivity index (χ1) is 8.59. The second-order valence-electron chi connectivity index (χ2n) is 4.05. The summed E-state index contributed by atoms with van der Waals surface area (Å²) < 4.78 is 19.0. The first-order valence-corrected chi connectivity index (χ1v) is 8.47. The van der Waals surface area contributed by atoms with Gasteiger partial charge < -0.3 is 4.52 Å². The molecule has 0 saturated carbocycles. The molecule has 0 fully saturated rings. The average molecular weight is 325 g/mol. The monoisotopic (exact) mass is 324 g/mol. The molecule has 0 heterocycles. The molecular weight excluding hydrogens is 311 g/mol. The third-order valence-electron chi connectivity index (χ3n) is 2.65. The van der Waals surface area contributed by atoms with Crippen molar-refractivity contribution < 1.29 is 9.09 Å². The molecule has 2 rings (SSSR count). The van der Waals surface area contributed by atoms with Gasteiger partial charge in [0.05, 0.1) is 6.61 Å². The summed E-state index contributed by atoms with van der Waals surface area (Å²) >= 11 is 3.45. The Kier molecular flexibility index (Phi) is 4.39. The van der Waals surface area contributed by atoms with Crippen molar-refractivity contribution in [2.45, 2.75) is 6.61 Å². The fourth-order valence-corrected chi connectivity index (χ4v) is 3.23. The molecule has 94 valence electrons. The Hall–Kier alpha value is -0.890. The Morgan fingerprint density at radius 3 is 2.33 bits per heavy atom. The van der Waals surface area contributed by atoms with Crippen molar-refractivity contribution in [2.24, 2.45) is 0 Å². The van der Waals surface area contributed by atoms with Crippen LogP contribution in [0, 0.1) is 0 Å². The van der Waals surface area contributed by atoms with Crippen LogP contribution in [0.15, 0.2) is 59.1 Å². The van der Waals surface area contributed by atoms with E-state index in [0.29, 0.717) is 6.61 Å². The van der Waals surface area contributed by atoms with Crippen molar-refractivity contribution in [1.29, 1.82) is 0 Å². The summed E-state index contributed by atoms with van der Waals surface area (Å²) in [6.07, 6.45) is 0. The van der Waals surface area contributed by atoms with E-state index in [0.717, 1.165) is 15.3 Å². The first-order valence-electron chi connectivity index (χ1n) is 5.61. The van der Waals surface area contributed by atoms with Crippen LogP contribution in [-0.2, 0) is 15.7 Å². The van der Waals surface area contributed by atoms with Crippen LogP contribution in [0.2, 0.25) is 0 Å². The molecule has 2 nitrogen and oxygen atoms in total. The van der Waals surface area contributed by atoms with E-state index >= 15 is 0 Å². The molecule has 0 saturated heterocycles. The van der Waals surface area contributed by atoms with Gasteiger partial charge in [-0.25, -0.2) is 0 Å². The van der Waals surface area contributed by atoms with E-state index in [1.807, 2.05) is 54.6 Å². The lowest BCUT2D eigenvalue weighted by Gasteiger charge is -2.14. The first kappa shape index (κ1) is 13.5. The molecule has 0 spiro atoms. The quantitative estimate of drug-likeness (QED) is 0.788. The van der Waals surface area contributed by atoms with E-state index in [1.165, 1.54) is 0 Å². The number of rotatable bonds is 4. The molecule has 0 aliphatic carbocycles. The Morgan fingerprint density at radius 1 is 1.06 bits per heavy atom. The van der Waals surface area contributed by atoms with Gasteiger partial charge in [-0.05, 0) is 23.8 Å². The highest BCUT2D eigenvalue weighted by Crippen LogP contribution is 2.42. The molecule has 0 aromatic heterocycles. The average Bonchev–Trinajstić information content (AvgIpc) is 2.39. The van der Waals surface area contributed by atoms with E-state index in [4.69, 9.17) is 4.52 Å². The zero-order valence-electron chi connectivity index (χ0n) is 10.0. The fourth-order valence-electron chi connectivity index (χ4n) is 1.58. The number of hydrogen-bond donors (Lipinski definition) is 0. The van der Waals surface area contributed by atoms with Crippen LogP contribution in [0.5, 0.6) is 0 Å². The SMILES string of the molecule is CP(=O)(OCc1ccccc1Br)c1ccccc1. The Labute approximate surface area is 116 Å². The van der Waals surface area contributed by atoms with E-state index in [1.54, 1.807) is 6.66 Å². The van der Waals surface area contributed by atoms with Crippen molar-refractivity contribution in [3.8, 4) is 0 Å². The lowest BCUT2D eigenvalue weighted by molar-refractivity contribution is 0.312. The molecule has 0 aliphatic rings. The minimum absolute atomic E-state index is 0.337. The van der Waals surface area contributed by atoms with Crippen LogP contribution >= 0.6 is 23.3 Å². The summed E-state index contributed by atoms with van der Waals surface area (Å²) in [7, 11) is -2.75. The van der Waals surface area contributed by atoms with Crippen molar-refractivity contribution >= 4 is 28.6 Å². The van der Waals surface area contributed by atoms with E-state index in [-0.39, 0.29) is 0 Å². The topological polar surface area (TPSA) is 26.3 Å². The fraction of sp³-hybridized carbons (Fsp3) is 0.143. The Morgan fingerprint density at radius 2 is 1.67 bits per heavy atom. The van der Waals surface area contributed by atoms with Gasteiger partial charge in [-0.3, -0.25) is 4.57 Å². The third-order valence-corrected chi connectivity index (χ3v) is 5.28. The van der Waals surface area contributed by atoms with Crippen molar-refractivity contribution in [3.63, 3.8) is 0 Å². The van der Waals surface area contributed by atoms with Crippen LogP contribution in [0.4, 0.5) is 0 Å². The van der Waals surface area contributed by atoms with E-state index < -0.39 is 7.37 Å². The van der Waals surface area contributed by atoms with Gasteiger partial charge in [0.1, 0.15) is 0 Å². The molecule has 4 heteroatoms. The summed E-state index contributed by atoms with van der Waals surface area (Å²) in [4.78, 5) is 0. The smallest absolute Gasteiger partial charge is 0.229 e. The summed E-state index contributed by atoms with van der Waals surface area (Å²) in [5.74, 6) is 0. The minimum Gasteiger partial charge on any atom is -0.321 e. The standard InChI is InChI=1S/C14H14BrO2P/c1-18(16,13-8-3-2-4-9-13)17-11-12-7-5-6-10-14(12)15/h2-10H,11H2,1H3. The van der Waals surface area contributed by atoms with Gasteiger partial charge in [0.25, 0.3) is 0 Å². The molecular formula is C14H14BrO2P. The lowest BCUT2D eigenvalue weighted by Crippen LogP contribution is -2.06. The predicted octanol–water partition coefficient (Wildman–Crippen LogP) is 4.20. The zero-order chi connectivity index (χ0) is 13.0. The molecule has 18 heavy (non-hydrogen) atoms. The van der Waals surface area contributed by atoms with Gasteiger partial charge in [0, 0.05) is 16.4 Å². The summed E-state index contributed by atoms with van der Waals surface area (Å²) in [6, 6.07) is 17.1. The van der Waals surface area contributed by atoms with Crippen LogP contribution < -0.4 is 5.30 Å². The predicted molar refractivity (Wildman–Crippen MR) is 78.5 cm³/mol. The van der Waals surface area contributed by atoms with Crippen molar-refractivity contribution in [3.05, 3.63) is 64.6 Å². The summed E-state index contributed by atoms with van der Waals surface area (Å²) in [6.45, 7) is 1.99. The van der Waals surface area contributed by atoms with Gasteiger partial charge >= 0.3 is 0 Å². The molecule has 0 bridgehead atoms. The van der Waals surface area contributed by atoms with Gasteiger partial charge in [-0.2, -0.15) is 0 Å². The van der Waals surface area contributed by atoms with E-state index in [9.17, 15) is 4.57 Å². The Bertz CT molecular complexity index is 569. The van der Waals surface area contributed by atoms with Gasteiger partial charge in [0.2, 0.25) is 7.37 Å². The van der Waals surface area contributed by atoms with Gasteiger partial charge in [-0.15, -0.1) is 0 Å². The lowest BCUT2D eigenvalue weighted by atomic mass is 10.2. The van der Waals surface area contributed by atoms with Gasteiger partial charge in [-0.1, -0.05) is 52.3 Å². The molecule has 0 radical (unpaired) electrons. The van der Waals surface area contributed by atoms with E-state index in [2.05, 4.69) is 15.9 Å². The second kappa shape index (κ2) is 5.83. The summed E-state index contributed by atoms with van der Waals surface area (Å²) in [5.41, 5.74) is 0.996. The van der Waals surface area contributed by atoms with Crippen molar-refractivity contribution in [2.75, 3.05) is 6.66 Å². The maximum atomic E-state index is 12.5. The number of hydrogen-bond acceptors (Lipinski definition) is 2. The normalized spacial score (nSPS) is 14.1. The maximum Gasteiger partial charge on any atom is 0.229 e. The molecule has 2 aromatic rings. The third kappa shape index (κ3) is 3.32. The largest absolute Gasteiger partial charge is 0.321 e. The summed E-state index contributed by atoms with van der Waals surface area (Å²) in [5, 5.41) is 0.747. The van der Waals surface area contributed by atoms with Crippen LogP contribution in [-0.4, -0.2) is 6.66 Å². The molecule has 0 amide bonds. The highest BCUT2D eigenvalue weighted by molar-refractivity contribution is 9.10. The minimum atomic E-state index is -2.75. The molecule has 1 atom stereocenters. The molecule has 2 aromatic carbocycles. The van der Waals surface area contributed by atoms with Crippen molar-refractivity contribution in [1.82, 2.24) is 0 Å². The molecule has 1 unspecified atom stereocenters. The molecule has 0 aliphatic heterocycles. The Balaban J connectivity index is 2.11. The maximum absolute atomic E-state index is 12.5. The molecule has 0 N–H and O–H groups in total. The second-order valence-corrected chi connectivity index (χ2v) is 7.37. The number of benzene rings is 2. The van der Waals surface area contributed by atoms with Gasteiger partial charge in [0.15, 0.2) is 0 Å². The zero-order valence-corrected chi connectivity index (χ0v) is 12.5.